The number of hydrogen-bond acceptors (Lipinski definition) is 4. The molecule has 0 saturated carbocycles. The van der Waals surface area contributed by atoms with E-state index in [4.69, 9.17) is 5.73 Å². The average molecular weight is 427 g/mol. The molecule has 8 heteroatoms. The zero-order valence-electron chi connectivity index (χ0n) is 16.9. The van der Waals surface area contributed by atoms with Crippen LogP contribution in [0.25, 0.3) is 0 Å². The van der Waals surface area contributed by atoms with Gasteiger partial charge in [0.15, 0.2) is 0 Å². The maximum Gasteiger partial charge on any atom is 0.246 e. The van der Waals surface area contributed by atoms with E-state index in [0.29, 0.717) is 6.07 Å². The predicted molar refractivity (Wildman–Crippen MR) is 111 cm³/mol. The van der Waals surface area contributed by atoms with Gasteiger partial charge in [0.2, 0.25) is 17.7 Å². The molecule has 3 rings (SSSR count). The van der Waals surface area contributed by atoms with Crippen LogP contribution in [0.15, 0.2) is 60.7 Å². The third kappa shape index (κ3) is 5.21. The van der Waals surface area contributed by atoms with Gasteiger partial charge < -0.3 is 11.1 Å². The van der Waals surface area contributed by atoms with Crippen LogP contribution in [0.1, 0.15) is 24.0 Å². The normalized spacial score (nSPS) is 19.3. The van der Waals surface area contributed by atoms with Crippen molar-refractivity contribution in [3.8, 4) is 0 Å². The number of halogens is 2. The molecule has 1 aliphatic heterocycles. The fourth-order valence-electron chi connectivity index (χ4n) is 3.60. The van der Waals surface area contributed by atoms with Gasteiger partial charge in [-0.3, -0.25) is 19.3 Å². The van der Waals surface area contributed by atoms with Crippen molar-refractivity contribution in [2.75, 3.05) is 6.54 Å². The lowest BCUT2D eigenvalue weighted by molar-refractivity contribution is -0.152. The van der Waals surface area contributed by atoms with Crippen molar-refractivity contribution in [1.29, 1.82) is 0 Å². The van der Waals surface area contributed by atoms with Crippen molar-refractivity contribution >= 4 is 17.7 Å². The summed E-state index contributed by atoms with van der Waals surface area (Å²) in [6.07, 6.45) is 3.03. The number of amides is 3. The number of nitrogens with two attached hydrogens (primary N) is 1. The summed E-state index contributed by atoms with van der Waals surface area (Å²) in [5.74, 6) is -4.34. The van der Waals surface area contributed by atoms with E-state index < -0.39 is 53.8 Å². The summed E-state index contributed by atoms with van der Waals surface area (Å²) in [7, 11) is 0. The van der Waals surface area contributed by atoms with Crippen LogP contribution in [0.4, 0.5) is 8.78 Å². The molecule has 2 aromatic carbocycles. The molecule has 0 fully saturated rings. The molecule has 1 heterocycles. The molecule has 0 saturated heterocycles. The van der Waals surface area contributed by atoms with Crippen LogP contribution in [-0.4, -0.2) is 41.2 Å². The summed E-state index contributed by atoms with van der Waals surface area (Å²) < 4.78 is 27.2. The highest BCUT2D eigenvalue weighted by atomic mass is 19.1. The minimum Gasteiger partial charge on any atom is -0.351 e. The van der Waals surface area contributed by atoms with Gasteiger partial charge >= 0.3 is 0 Å². The zero-order chi connectivity index (χ0) is 22.5. The van der Waals surface area contributed by atoms with Gasteiger partial charge in [-0.2, -0.15) is 0 Å². The van der Waals surface area contributed by atoms with Gasteiger partial charge in [-0.1, -0.05) is 42.5 Å². The lowest BCUT2D eigenvalue weighted by atomic mass is 9.89. The molecule has 0 aliphatic carbocycles. The fraction of sp³-hybridized carbons (Fsp3) is 0.261. The number of rotatable bonds is 5. The molecule has 3 amide bonds. The number of benzene rings is 2. The number of hydrogen-bond donors (Lipinski definition) is 2. The van der Waals surface area contributed by atoms with Crippen LogP contribution in [0, 0.1) is 11.6 Å². The molecule has 6 nitrogen and oxygen atoms in total. The Bertz CT molecular complexity index is 988. The number of nitrogens with zero attached hydrogens (tertiary/aromatic N) is 1. The van der Waals surface area contributed by atoms with Crippen molar-refractivity contribution in [2.45, 2.75) is 31.3 Å². The predicted octanol–water partition coefficient (Wildman–Crippen LogP) is 2.05. The second kappa shape index (κ2) is 9.61. The quantitative estimate of drug-likeness (QED) is 0.715. The molecule has 31 heavy (non-hydrogen) atoms. The average Bonchev–Trinajstić information content (AvgIpc) is 2.90. The van der Waals surface area contributed by atoms with E-state index in [-0.39, 0.29) is 12.1 Å². The fourth-order valence-corrected chi connectivity index (χ4v) is 3.60. The third-order valence-corrected chi connectivity index (χ3v) is 4.98. The summed E-state index contributed by atoms with van der Waals surface area (Å²) in [5, 5.41) is 2.67. The van der Waals surface area contributed by atoms with Crippen LogP contribution >= 0.6 is 0 Å². The lowest BCUT2D eigenvalue weighted by Crippen LogP contribution is -2.57. The van der Waals surface area contributed by atoms with Crippen molar-refractivity contribution in [1.82, 2.24) is 10.2 Å². The Morgan fingerprint density at radius 3 is 2.42 bits per heavy atom. The van der Waals surface area contributed by atoms with Gasteiger partial charge in [0.05, 0.1) is 12.5 Å². The Hall–Kier alpha value is -3.39. The second-order valence-corrected chi connectivity index (χ2v) is 7.40. The molecule has 0 radical (unpaired) electrons. The van der Waals surface area contributed by atoms with Crippen LogP contribution in [0.2, 0.25) is 0 Å². The number of nitrogens with one attached hydrogen (secondary N) is 1. The van der Waals surface area contributed by atoms with E-state index in [1.807, 2.05) is 6.07 Å². The van der Waals surface area contributed by atoms with E-state index in [1.165, 1.54) is 6.92 Å². The Morgan fingerprint density at radius 1 is 1.16 bits per heavy atom. The number of carbonyl (C=O) groups is 3. The van der Waals surface area contributed by atoms with E-state index >= 15 is 0 Å². The highest BCUT2D eigenvalue weighted by Gasteiger charge is 2.41. The van der Waals surface area contributed by atoms with E-state index in [1.54, 1.807) is 36.4 Å². The number of imide groups is 1. The van der Waals surface area contributed by atoms with Crippen LogP contribution in [0.3, 0.4) is 0 Å². The van der Waals surface area contributed by atoms with Crippen LogP contribution in [-0.2, 0) is 20.8 Å². The first-order valence-corrected chi connectivity index (χ1v) is 9.83. The molecular formula is C23H23F2N3O3. The lowest BCUT2D eigenvalue weighted by Gasteiger charge is -2.34. The molecule has 2 aromatic rings. The Labute approximate surface area is 178 Å². The van der Waals surface area contributed by atoms with Gasteiger partial charge in [-0.15, -0.1) is 0 Å². The molecule has 0 aromatic heterocycles. The highest BCUT2D eigenvalue weighted by molar-refractivity contribution is 6.03. The van der Waals surface area contributed by atoms with Gasteiger partial charge in [0, 0.05) is 18.5 Å². The first-order valence-electron chi connectivity index (χ1n) is 9.83. The summed E-state index contributed by atoms with van der Waals surface area (Å²) in [5.41, 5.74) is 6.55. The van der Waals surface area contributed by atoms with Gasteiger partial charge in [0.25, 0.3) is 0 Å². The molecule has 3 atom stereocenters. The van der Waals surface area contributed by atoms with Crippen molar-refractivity contribution < 1.29 is 23.2 Å². The maximum atomic E-state index is 13.6. The minimum absolute atomic E-state index is 0.0470. The largest absolute Gasteiger partial charge is 0.351 e. The topological polar surface area (TPSA) is 92.5 Å². The van der Waals surface area contributed by atoms with E-state index in [0.717, 1.165) is 22.6 Å². The first kappa shape index (κ1) is 22.3. The molecule has 0 unspecified atom stereocenters. The SMILES string of the molecule is C[C@H](N)C(=O)N(C(=O)Cc1cc(F)cc(F)c1)[C@@H]1C(=O)NCC=C[C@H]1c1ccccc1. The van der Waals surface area contributed by atoms with Gasteiger partial charge in [-0.05, 0) is 30.2 Å². The standard InChI is InChI=1S/C23H23F2N3O3/c1-14(26)23(31)28(20(29)12-15-10-17(24)13-18(25)11-15)21-19(8-5-9-27-22(21)30)16-6-3-2-4-7-16/h2-8,10-11,13-14,19,21H,9,12,26H2,1H3,(H,27,30)/t14-,19-,21-/m0/s1. The van der Waals surface area contributed by atoms with Crippen LogP contribution < -0.4 is 11.1 Å². The summed E-state index contributed by atoms with van der Waals surface area (Å²) in [4.78, 5) is 40.0. The Morgan fingerprint density at radius 2 is 1.81 bits per heavy atom. The second-order valence-electron chi connectivity index (χ2n) is 7.40. The molecule has 3 N–H and O–H groups in total. The molecule has 162 valence electrons. The maximum absolute atomic E-state index is 13.6. The molecular weight excluding hydrogens is 404 g/mol. The smallest absolute Gasteiger partial charge is 0.246 e. The summed E-state index contributed by atoms with van der Waals surface area (Å²) in [6.45, 7) is 1.65. The Balaban J connectivity index is 2.04. The zero-order valence-corrected chi connectivity index (χ0v) is 16.9. The van der Waals surface area contributed by atoms with Crippen molar-refractivity contribution in [3.05, 3.63) is 83.4 Å². The molecule has 1 aliphatic rings. The van der Waals surface area contributed by atoms with Crippen LogP contribution in [0.5, 0.6) is 0 Å². The summed E-state index contributed by atoms with van der Waals surface area (Å²) in [6, 6.07) is 9.42. The van der Waals surface area contributed by atoms with Crippen molar-refractivity contribution in [3.63, 3.8) is 0 Å². The monoisotopic (exact) mass is 427 g/mol. The summed E-state index contributed by atoms with van der Waals surface area (Å²) >= 11 is 0. The highest BCUT2D eigenvalue weighted by Crippen LogP contribution is 2.28. The minimum atomic E-state index is -1.20. The van der Waals surface area contributed by atoms with Gasteiger partial charge in [-0.25, -0.2) is 8.78 Å². The van der Waals surface area contributed by atoms with Crippen molar-refractivity contribution in [2.24, 2.45) is 5.73 Å². The van der Waals surface area contributed by atoms with E-state index in [2.05, 4.69) is 5.32 Å². The number of carbonyl (C=O) groups excluding carboxylic acids is 3. The molecule has 0 spiro atoms. The third-order valence-electron chi connectivity index (χ3n) is 4.98. The first-order chi connectivity index (χ1) is 14.8. The Kier molecular flexibility index (Phi) is 6.91. The van der Waals surface area contributed by atoms with Gasteiger partial charge in [0.1, 0.15) is 17.7 Å². The van der Waals surface area contributed by atoms with E-state index in [9.17, 15) is 23.2 Å². The molecule has 0 bridgehead atoms.